The molecule has 0 fully saturated rings. The number of hydrogen-bond donors (Lipinski definition) is 3. The van der Waals surface area contributed by atoms with Crippen molar-refractivity contribution < 1.29 is 13.2 Å². The van der Waals surface area contributed by atoms with Crippen LogP contribution in [0.4, 0.5) is 5.69 Å². The number of hydrogen-bond acceptors (Lipinski definition) is 4. The number of benzene rings is 1. The molecule has 1 heterocycles. The highest BCUT2D eigenvalue weighted by atomic mass is 32.2. The van der Waals surface area contributed by atoms with Crippen molar-refractivity contribution in [1.29, 1.82) is 0 Å². The van der Waals surface area contributed by atoms with Crippen LogP contribution in [0.25, 0.3) is 0 Å². The third-order valence-electron chi connectivity index (χ3n) is 4.08. The van der Waals surface area contributed by atoms with Gasteiger partial charge < -0.3 is 11.1 Å². The fourth-order valence-electron chi connectivity index (χ4n) is 2.13. The molecule has 0 aromatic heterocycles. The van der Waals surface area contributed by atoms with Gasteiger partial charge in [-0.15, -0.1) is 0 Å². The average Bonchev–Trinajstić information content (AvgIpc) is 2.76. The first kappa shape index (κ1) is 15.9. The molecule has 7 heteroatoms. The van der Waals surface area contributed by atoms with Crippen molar-refractivity contribution in [2.75, 3.05) is 11.9 Å². The lowest BCUT2D eigenvalue weighted by molar-refractivity contribution is -0.115. The summed E-state index contributed by atoms with van der Waals surface area (Å²) in [7, 11) is -3.68. The summed E-state index contributed by atoms with van der Waals surface area (Å²) >= 11 is 0. The molecule has 0 saturated carbocycles. The molecule has 1 amide bonds. The van der Waals surface area contributed by atoms with E-state index >= 15 is 0 Å². The van der Waals surface area contributed by atoms with Crippen molar-refractivity contribution >= 4 is 21.6 Å². The molecule has 1 aliphatic heterocycles. The number of nitrogens with two attached hydrogens (primary N) is 1. The van der Waals surface area contributed by atoms with Crippen molar-refractivity contribution in [3.8, 4) is 0 Å². The highest BCUT2D eigenvalue weighted by Gasteiger charge is 2.33. The lowest BCUT2D eigenvalue weighted by Gasteiger charge is -2.33. The van der Waals surface area contributed by atoms with Crippen LogP contribution in [-0.2, 0) is 21.2 Å². The standard InChI is InChI=1S/C14H21N3O3S/c1-9(2)14(3,8-15)17-21(19,20)11-4-5-12-10(6-11)7-13(18)16-12/h4-6,9,17H,7-8,15H2,1-3H3,(H,16,18). The van der Waals surface area contributed by atoms with Gasteiger partial charge in [-0.2, -0.15) is 0 Å². The van der Waals surface area contributed by atoms with Crippen LogP contribution in [-0.4, -0.2) is 26.4 Å². The summed E-state index contributed by atoms with van der Waals surface area (Å²) in [5.74, 6) is -0.0727. The van der Waals surface area contributed by atoms with E-state index in [1.165, 1.54) is 12.1 Å². The molecule has 1 unspecified atom stereocenters. The molecule has 116 valence electrons. The van der Waals surface area contributed by atoms with Gasteiger partial charge in [0.05, 0.1) is 11.3 Å². The van der Waals surface area contributed by atoms with Gasteiger partial charge >= 0.3 is 0 Å². The first-order valence-corrected chi connectivity index (χ1v) is 8.33. The van der Waals surface area contributed by atoms with Crippen LogP contribution in [0, 0.1) is 5.92 Å². The number of sulfonamides is 1. The topological polar surface area (TPSA) is 101 Å². The van der Waals surface area contributed by atoms with Gasteiger partial charge in [0.25, 0.3) is 0 Å². The lowest BCUT2D eigenvalue weighted by atomic mass is 9.90. The van der Waals surface area contributed by atoms with Gasteiger partial charge in [-0.05, 0) is 36.6 Å². The van der Waals surface area contributed by atoms with Crippen LogP contribution in [0.3, 0.4) is 0 Å². The Bertz CT molecular complexity index is 670. The minimum Gasteiger partial charge on any atom is -0.329 e. The van der Waals surface area contributed by atoms with Crippen LogP contribution >= 0.6 is 0 Å². The summed E-state index contributed by atoms with van der Waals surface area (Å²) in [4.78, 5) is 11.5. The molecule has 0 saturated heterocycles. The average molecular weight is 311 g/mol. The zero-order valence-corrected chi connectivity index (χ0v) is 13.3. The Labute approximate surface area is 125 Å². The van der Waals surface area contributed by atoms with Gasteiger partial charge in [0.1, 0.15) is 0 Å². The van der Waals surface area contributed by atoms with Crippen molar-refractivity contribution in [3.05, 3.63) is 23.8 Å². The fourth-order valence-corrected chi connectivity index (χ4v) is 3.73. The van der Waals surface area contributed by atoms with Gasteiger partial charge in [-0.25, -0.2) is 13.1 Å². The third kappa shape index (κ3) is 3.09. The van der Waals surface area contributed by atoms with E-state index in [0.717, 1.165) is 0 Å². The predicted molar refractivity (Wildman–Crippen MR) is 81.4 cm³/mol. The fraction of sp³-hybridized carbons (Fsp3) is 0.500. The first-order valence-electron chi connectivity index (χ1n) is 6.85. The van der Waals surface area contributed by atoms with E-state index in [0.29, 0.717) is 11.3 Å². The van der Waals surface area contributed by atoms with E-state index in [4.69, 9.17) is 5.73 Å². The number of carbonyl (C=O) groups excluding carboxylic acids is 1. The van der Waals surface area contributed by atoms with Gasteiger partial charge in [-0.3, -0.25) is 4.79 Å². The summed E-state index contributed by atoms with van der Waals surface area (Å²) in [6.45, 7) is 5.82. The second kappa shape index (κ2) is 5.40. The minimum absolute atomic E-state index is 0.0509. The maximum Gasteiger partial charge on any atom is 0.241 e. The molecule has 1 aromatic carbocycles. The highest BCUT2D eigenvalue weighted by Crippen LogP contribution is 2.27. The molecule has 6 nitrogen and oxygen atoms in total. The normalized spacial score (nSPS) is 17.5. The van der Waals surface area contributed by atoms with Gasteiger partial charge in [0.15, 0.2) is 0 Å². The number of amides is 1. The van der Waals surface area contributed by atoms with Gasteiger partial charge in [0.2, 0.25) is 15.9 Å². The maximum atomic E-state index is 12.5. The molecule has 0 bridgehead atoms. The van der Waals surface area contributed by atoms with E-state index in [2.05, 4.69) is 10.0 Å². The van der Waals surface area contributed by atoms with Crippen LogP contribution in [0.2, 0.25) is 0 Å². The molecule has 1 aromatic rings. The van der Waals surface area contributed by atoms with Gasteiger partial charge in [0, 0.05) is 17.8 Å². The molecule has 4 N–H and O–H groups in total. The molecular weight excluding hydrogens is 290 g/mol. The zero-order chi connectivity index (χ0) is 15.8. The van der Waals surface area contributed by atoms with Crippen molar-refractivity contribution in [1.82, 2.24) is 4.72 Å². The van der Waals surface area contributed by atoms with Crippen LogP contribution in [0.15, 0.2) is 23.1 Å². The van der Waals surface area contributed by atoms with E-state index in [1.807, 2.05) is 13.8 Å². The van der Waals surface area contributed by atoms with Crippen molar-refractivity contribution in [2.45, 2.75) is 37.6 Å². The van der Waals surface area contributed by atoms with E-state index in [1.54, 1.807) is 13.0 Å². The molecule has 21 heavy (non-hydrogen) atoms. The third-order valence-corrected chi connectivity index (χ3v) is 5.69. The van der Waals surface area contributed by atoms with Crippen molar-refractivity contribution in [2.24, 2.45) is 11.7 Å². The summed E-state index contributed by atoms with van der Waals surface area (Å²) in [6.07, 6.45) is 0.205. The number of carbonyl (C=O) groups is 1. The smallest absolute Gasteiger partial charge is 0.241 e. The number of anilines is 1. The molecule has 1 aliphatic rings. The van der Waals surface area contributed by atoms with Crippen molar-refractivity contribution in [3.63, 3.8) is 0 Å². The number of nitrogens with one attached hydrogen (secondary N) is 2. The Morgan fingerprint density at radius 1 is 1.43 bits per heavy atom. The summed E-state index contributed by atoms with van der Waals surface area (Å²) in [6, 6.07) is 4.64. The Kier molecular flexibility index (Phi) is 4.10. The maximum absolute atomic E-state index is 12.5. The Balaban J connectivity index is 2.33. The Morgan fingerprint density at radius 3 is 2.67 bits per heavy atom. The largest absolute Gasteiger partial charge is 0.329 e. The first-order chi connectivity index (χ1) is 9.68. The monoisotopic (exact) mass is 311 g/mol. The SMILES string of the molecule is CC(C)C(C)(CN)NS(=O)(=O)c1ccc2c(c1)CC(=O)N2. The quantitative estimate of drug-likeness (QED) is 0.749. The molecule has 0 aliphatic carbocycles. The van der Waals surface area contributed by atoms with Crippen LogP contribution in [0.5, 0.6) is 0 Å². The van der Waals surface area contributed by atoms with E-state index < -0.39 is 15.6 Å². The predicted octanol–water partition coefficient (Wildman–Crippen LogP) is 0.833. The second-order valence-corrected chi connectivity index (χ2v) is 7.61. The van der Waals surface area contributed by atoms with Crippen LogP contribution in [0.1, 0.15) is 26.3 Å². The molecular formula is C14H21N3O3S. The summed E-state index contributed by atoms with van der Waals surface area (Å²) < 4.78 is 27.7. The minimum atomic E-state index is -3.68. The molecule has 0 spiro atoms. The molecule has 2 rings (SSSR count). The summed E-state index contributed by atoms with van der Waals surface area (Å²) in [5, 5.41) is 2.68. The summed E-state index contributed by atoms with van der Waals surface area (Å²) in [5.41, 5.74) is 6.37. The lowest BCUT2D eigenvalue weighted by Crippen LogP contribution is -2.54. The Morgan fingerprint density at radius 2 is 2.10 bits per heavy atom. The van der Waals surface area contributed by atoms with Gasteiger partial charge in [-0.1, -0.05) is 13.8 Å². The number of rotatable bonds is 5. The van der Waals surface area contributed by atoms with E-state index in [9.17, 15) is 13.2 Å². The molecule has 1 atom stereocenters. The highest BCUT2D eigenvalue weighted by molar-refractivity contribution is 7.89. The number of fused-ring (bicyclic) bond motifs is 1. The zero-order valence-electron chi connectivity index (χ0n) is 12.4. The Hall–Kier alpha value is -1.44. The molecule has 0 radical (unpaired) electrons. The second-order valence-electron chi connectivity index (χ2n) is 5.93. The van der Waals surface area contributed by atoms with Crippen LogP contribution < -0.4 is 15.8 Å². The van der Waals surface area contributed by atoms with E-state index in [-0.39, 0.29) is 29.7 Å².